The third kappa shape index (κ3) is 5.34. The van der Waals surface area contributed by atoms with Crippen LogP contribution in [0, 0.1) is 0 Å². The summed E-state index contributed by atoms with van der Waals surface area (Å²) in [6, 6.07) is 24.4. The molecule has 0 spiro atoms. The lowest BCUT2D eigenvalue weighted by atomic mass is 10.1. The van der Waals surface area contributed by atoms with Crippen molar-refractivity contribution in [1.29, 1.82) is 0 Å². The second kappa shape index (κ2) is 10.5. The van der Waals surface area contributed by atoms with Crippen LogP contribution < -0.4 is 25.1 Å². The molecule has 180 valence electrons. The zero-order chi connectivity index (χ0) is 24.9. The molecule has 0 saturated carbocycles. The molecule has 0 amide bonds. The van der Waals surface area contributed by atoms with Crippen LogP contribution >= 0.6 is 11.3 Å². The van der Waals surface area contributed by atoms with E-state index in [1.165, 1.54) is 4.52 Å². The van der Waals surface area contributed by atoms with Crippen molar-refractivity contribution in [3.05, 3.63) is 121 Å². The Hall–Kier alpha value is -4.30. The summed E-state index contributed by atoms with van der Waals surface area (Å²) in [6.45, 7) is 2.70. The molecule has 2 aromatic heterocycles. The Morgan fingerprint density at radius 2 is 1.69 bits per heavy atom. The van der Waals surface area contributed by atoms with E-state index < -0.39 is 5.56 Å². The van der Waals surface area contributed by atoms with Crippen molar-refractivity contribution in [2.45, 2.75) is 19.8 Å². The highest BCUT2D eigenvalue weighted by Gasteiger charge is 2.12. The summed E-state index contributed by atoms with van der Waals surface area (Å²) in [7, 11) is 0. The van der Waals surface area contributed by atoms with E-state index in [2.05, 4.69) is 10.1 Å². The lowest BCUT2D eigenvalue weighted by Crippen LogP contribution is -2.28. The molecule has 7 nitrogen and oxygen atoms in total. The summed E-state index contributed by atoms with van der Waals surface area (Å²) >= 11 is 1.13. The van der Waals surface area contributed by atoms with Crippen LogP contribution in [0.2, 0.25) is 0 Å². The fourth-order valence-corrected chi connectivity index (χ4v) is 4.52. The van der Waals surface area contributed by atoms with E-state index >= 15 is 0 Å². The quantitative estimate of drug-likeness (QED) is 0.319. The zero-order valence-electron chi connectivity index (χ0n) is 19.6. The minimum Gasteiger partial charge on any atom is -0.494 e. The molecule has 0 aliphatic carbocycles. The molecule has 0 aliphatic rings. The second-order valence-corrected chi connectivity index (χ2v) is 9.14. The minimum atomic E-state index is -0.438. The summed E-state index contributed by atoms with van der Waals surface area (Å²) in [5.74, 6) is 2.16. The Morgan fingerprint density at radius 1 is 0.917 bits per heavy atom. The van der Waals surface area contributed by atoms with E-state index in [1.54, 1.807) is 6.08 Å². The third-order valence-corrected chi connectivity index (χ3v) is 6.31. The van der Waals surface area contributed by atoms with Gasteiger partial charge >= 0.3 is 0 Å². The lowest BCUT2D eigenvalue weighted by molar-refractivity contribution is 0.317. The molecule has 5 aromatic rings. The first-order valence-electron chi connectivity index (χ1n) is 11.6. The standard InChI is InChI=1S/C28H23N3O4S/c1-2-15-34-21-13-11-19(12-14-21)17-24-26(32)29-28-31(30-24)27(33)25(36-28)18-20-7-6-10-23(16-20)35-22-8-4-3-5-9-22/h3-14,16,18H,2,15,17H2,1H3. The van der Waals surface area contributed by atoms with E-state index in [9.17, 15) is 9.59 Å². The molecule has 8 heteroatoms. The molecule has 3 aromatic carbocycles. The predicted octanol–water partition coefficient (Wildman–Crippen LogP) is 4.23. The van der Waals surface area contributed by atoms with Crippen molar-refractivity contribution in [3.8, 4) is 17.2 Å². The number of rotatable bonds is 8. The maximum Gasteiger partial charge on any atom is 0.296 e. The van der Waals surface area contributed by atoms with Gasteiger partial charge in [0.25, 0.3) is 11.1 Å². The van der Waals surface area contributed by atoms with Gasteiger partial charge in [-0.05, 0) is 60.0 Å². The minimum absolute atomic E-state index is 0.217. The third-order valence-electron chi connectivity index (χ3n) is 5.35. The summed E-state index contributed by atoms with van der Waals surface area (Å²) in [5.41, 5.74) is 1.14. The highest BCUT2D eigenvalue weighted by molar-refractivity contribution is 7.15. The predicted molar refractivity (Wildman–Crippen MR) is 140 cm³/mol. The van der Waals surface area contributed by atoms with Crippen LogP contribution in [0.15, 0.2) is 88.5 Å². The maximum absolute atomic E-state index is 13.1. The number of aromatic nitrogens is 3. The molecule has 0 bridgehead atoms. The fraction of sp³-hybridized carbons (Fsp3) is 0.143. The second-order valence-electron chi connectivity index (χ2n) is 8.13. The molecule has 0 unspecified atom stereocenters. The molecular weight excluding hydrogens is 474 g/mol. The van der Waals surface area contributed by atoms with Gasteiger partial charge in [-0.1, -0.05) is 60.7 Å². The first-order valence-corrected chi connectivity index (χ1v) is 12.4. The molecular formula is C28H23N3O4S. The van der Waals surface area contributed by atoms with Gasteiger partial charge in [0.15, 0.2) is 0 Å². The Kier molecular flexibility index (Phi) is 6.86. The SMILES string of the molecule is CCCOc1ccc(Cc2nn3c(=O)c(=Cc4cccc(Oc5ccccc5)c4)sc3nc2=O)cc1. The Labute approximate surface area is 210 Å². The van der Waals surface area contributed by atoms with E-state index in [-0.39, 0.29) is 22.6 Å². The van der Waals surface area contributed by atoms with E-state index in [0.717, 1.165) is 40.4 Å². The average molecular weight is 498 g/mol. The smallest absolute Gasteiger partial charge is 0.296 e. The van der Waals surface area contributed by atoms with Crippen molar-refractivity contribution < 1.29 is 9.47 Å². The molecule has 0 fully saturated rings. The Bertz CT molecular complexity index is 1660. The van der Waals surface area contributed by atoms with Crippen LogP contribution in [0.25, 0.3) is 11.0 Å². The van der Waals surface area contributed by atoms with Crippen LogP contribution in [0.1, 0.15) is 30.2 Å². The van der Waals surface area contributed by atoms with Gasteiger partial charge in [-0.15, -0.1) is 0 Å². The Morgan fingerprint density at radius 3 is 2.47 bits per heavy atom. The van der Waals surface area contributed by atoms with Crippen LogP contribution in [0.3, 0.4) is 0 Å². The monoisotopic (exact) mass is 497 g/mol. The van der Waals surface area contributed by atoms with Crippen LogP contribution in [0.4, 0.5) is 0 Å². The van der Waals surface area contributed by atoms with Gasteiger partial charge in [-0.2, -0.15) is 14.6 Å². The van der Waals surface area contributed by atoms with Crippen LogP contribution in [-0.4, -0.2) is 21.2 Å². The Balaban J connectivity index is 1.42. The van der Waals surface area contributed by atoms with Gasteiger partial charge in [-0.3, -0.25) is 9.59 Å². The molecule has 0 atom stereocenters. The first kappa shape index (κ1) is 23.4. The summed E-state index contributed by atoms with van der Waals surface area (Å²) in [6.07, 6.45) is 2.95. The van der Waals surface area contributed by atoms with Crippen molar-refractivity contribution in [1.82, 2.24) is 14.6 Å². The summed E-state index contributed by atoms with van der Waals surface area (Å²) < 4.78 is 13.1. The zero-order valence-corrected chi connectivity index (χ0v) is 20.4. The van der Waals surface area contributed by atoms with Crippen LogP contribution in [-0.2, 0) is 6.42 Å². The number of hydrogen-bond donors (Lipinski definition) is 0. The molecule has 0 aliphatic heterocycles. The van der Waals surface area contributed by atoms with E-state index in [4.69, 9.17) is 9.47 Å². The molecule has 36 heavy (non-hydrogen) atoms. The van der Waals surface area contributed by atoms with Gasteiger partial charge < -0.3 is 9.47 Å². The number of ether oxygens (including phenoxy) is 2. The highest BCUT2D eigenvalue weighted by Crippen LogP contribution is 2.22. The fourth-order valence-electron chi connectivity index (χ4n) is 3.61. The van der Waals surface area contributed by atoms with Gasteiger partial charge in [0.2, 0.25) is 4.96 Å². The molecule has 0 radical (unpaired) electrons. The normalized spacial score (nSPS) is 11.6. The molecule has 5 rings (SSSR count). The molecule has 0 N–H and O–H groups in total. The van der Waals surface area contributed by atoms with Gasteiger partial charge in [0, 0.05) is 6.42 Å². The van der Waals surface area contributed by atoms with Crippen molar-refractivity contribution >= 4 is 22.4 Å². The van der Waals surface area contributed by atoms with Gasteiger partial charge in [0.1, 0.15) is 22.9 Å². The number of hydrogen-bond acceptors (Lipinski definition) is 7. The number of para-hydroxylation sites is 1. The average Bonchev–Trinajstić information content (AvgIpc) is 3.18. The largest absolute Gasteiger partial charge is 0.494 e. The highest BCUT2D eigenvalue weighted by atomic mass is 32.1. The maximum atomic E-state index is 13.1. The topological polar surface area (TPSA) is 82.8 Å². The summed E-state index contributed by atoms with van der Waals surface area (Å²) in [5, 5.41) is 4.34. The van der Waals surface area contributed by atoms with Crippen molar-refractivity contribution in [2.24, 2.45) is 0 Å². The van der Waals surface area contributed by atoms with Crippen molar-refractivity contribution in [3.63, 3.8) is 0 Å². The van der Waals surface area contributed by atoms with E-state index in [1.807, 2.05) is 85.8 Å². The number of fused-ring (bicyclic) bond motifs is 1. The lowest BCUT2D eigenvalue weighted by Gasteiger charge is -2.05. The number of benzene rings is 3. The number of nitrogens with zero attached hydrogens (tertiary/aromatic N) is 3. The van der Waals surface area contributed by atoms with Crippen molar-refractivity contribution in [2.75, 3.05) is 6.61 Å². The first-order chi connectivity index (χ1) is 17.6. The van der Waals surface area contributed by atoms with Gasteiger partial charge in [-0.25, -0.2) is 0 Å². The summed E-state index contributed by atoms with van der Waals surface area (Å²) in [4.78, 5) is 30.1. The number of thiazole rings is 1. The van der Waals surface area contributed by atoms with Crippen LogP contribution in [0.5, 0.6) is 17.2 Å². The molecule has 2 heterocycles. The van der Waals surface area contributed by atoms with E-state index in [0.29, 0.717) is 16.9 Å². The molecule has 0 saturated heterocycles. The van der Waals surface area contributed by atoms with Gasteiger partial charge in [0.05, 0.1) is 11.1 Å².